The van der Waals surface area contributed by atoms with E-state index in [1.165, 1.54) is 31.3 Å². The Morgan fingerprint density at radius 3 is 2.41 bits per heavy atom. The number of amides is 1. The summed E-state index contributed by atoms with van der Waals surface area (Å²) in [4.78, 5) is 14.5. The van der Waals surface area contributed by atoms with Gasteiger partial charge in [-0.15, -0.1) is 28.0 Å². The van der Waals surface area contributed by atoms with Gasteiger partial charge in [-0.3, -0.25) is 9.80 Å². The molecule has 2 aromatic rings. The minimum atomic E-state index is -3.93. The number of nitrogens with one attached hydrogen (secondary N) is 1. The van der Waals surface area contributed by atoms with E-state index in [2.05, 4.69) is 4.83 Å². The highest BCUT2D eigenvalue weighted by atomic mass is 35.5. The fraction of sp³-hybridized carbons (Fsp3) is 0.278. The van der Waals surface area contributed by atoms with E-state index < -0.39 is 32.6 Å². The number of fused-ring (bicyclic) bond motifs is 1. The van der Waals surface area contributed by atoms with Crippen LogP contribution < -0.4 is 4.83 Å². The highest BCUT2D eigenvalue weighted by Crippen LogP contribution is 2.43. The Morgan fingerprint density at radius 2 is 1.78 bits per heavy atom. The van der Waals surface area contributed by atoms with Crippen LogP contribution in [0.5, 0.6) is 0 Å². The summed E-state index contributed by atoms with van der Waals surface area (Å²) in [6.07, 6.45) is 0.447. The van der Waals surface area contributed by atoms with Crippen LogP contribution in [0, 0.1) is 5.92 Å². The van der Waals surface area contributed by atoms with Gasteiger partial charge in [0.1, 0.15) is 4.84 Å². The summed E-state index contributed by atoms with van der Waals surface area (Å²) in [6, 6.07) is 13.2. The molecule has 0 saturated carbocycles. The average molecular weight is 448 g/mol. The van der Waals surface area contributed by atoms with Gasteiger partial charge in [-0.25, -0.2) is 8.42 Å². The largest absolute Gasteiger partial charge is 0.273 e. The number of carbonyl (C=O) groups is 1. The lowest BCUT2D eigenvalue weighted by molar-refractivity contribution is -0.136. The van der Waals surface area contributed by atoms with E-state index in [4.69, 9.17) is 34.8 Å². The zero-order valence-corrected chi connectivity index (χ0v) is 17.4. The standard InChI is InChI=1S/C18H17Cl3N2O3S/c1-23(22-27(25,26)13-8-6-12(19)7-9-13)18(24)15-10-11-4-2-3-5-14(11)16(15)17(20)21/h2-9,15-17,22H,10H2,1H3/t15-,16-/m0/s1. The third kappa shape index (κ3) is 4.25. The van der Waals surface area contributed by atoms with Crippen LogP contribution in [0.1, 0.15) is 17.0 Å². The minimum Gasteiger partial charge on any atom is -0.273 e. The molecular formula is C18H17Cl3N2O3S. The molecule has 0 bridgehead atoms. The van der Waals surface area contributed by atoms with Crippen LogP contribution in [0.15, 0.2) is 53.4 Å². The molecule has 1 aliphatic carbocycles. The van der Waals surface area contributed by atoms with E-state index in [-0.39, 0.29) is 4.90 Å². The number of halogens is 3. The first kappa shape index (κ1) is 20.4. The third-order valence-corrected chi connectivity index (χ3v) is 6.79. The van der Waals surface area contributed by atoms with Crippen molar-refractivity contribution in [1.82, 2.24) is 9.84 Å². The molecule has 0 aliphatic heterocycles. The maximum absolute atomic E-state index is 13.0. The Balaban J connectivity index is 1.80. The van der Waals surface area contributed by atoms with E-state index in [0.29, 0.717) is 11.4 Å². The topological polar surface area (TPSA) is 66.5 Å². The van der Waals surface area contributed by atoms with Gasteiger partial charge in [0, 0.05) is 18.0 Å². The summed E-state index contributed by atoms with van der Waals surface area (Å²) < 4.78 is 25.0. The van der Waals surface area contributed by atoms with Crippen molar-refractivity contribution >= 4 is 50.7 Å². The number of hydrogen-bond acceptors (Lipinski definition) is 3. The molecule has 144 valence electrons. The van der Waals surface area contributed by atoms with Gasteiger partial charge in [-0.05, 0) is 41.8 Å². The summed E-state index contributed by atoms with van der Waals surface area (Å²) in [5, 5.41) is 1.39. The third-order valence-electron chi connectivity index (χ3n) is 4.59. The summed E-state index contributed by atoms with van der Waals surface area (Å²) in [7, 11) is -2.56. The predicted molar refractivity (Wildman–Crippen MR) is 106 cm³/mol. The Morgan fingerprint density at radius 1 is 1.15 bits per heavy atom. The van der Waals surface area contributed by atoms with Gasteiger partial charge < -0.3 is 0 Å². The molecule has 0 radical (unpaired) electrons. The van der Waals surface area contributed by atoms with E-state index in [9.17, 15) is 13.2 Å². The first-order chi connectivity index (χ1) is 12.7. The van der Waals surface area contributed by atoms with Crippen molar-refractivity contribution in [1.29, 1.82) is 0 Å². The van der Waals surface area contributed by atoms with Gasteiger partial charge in [-0.1, -0.05) is 35.9 Å². The molecule has 1 N–H and O–H groups in total. The number of hydrogen-bond donors (Lipinski definition) is 1. The van der Waals surface area contributed by atoms with E-state index in [1.807, 2.05) is 24.3 Å². The number of rotatable bonds is 5. The average Bonchev–Trinajstić information content (AvgIpc) is 3.00. The lowest BCUT2D eigenvalue weighted by Crippen LogP contribution is -2.47. The summed E-state index contributed by atoms with van der Waals surface area (Å²) >= 11 is 18.1. The Labute approximate surface area is 173 Å². The van der Waals surface area contributed by atoms with Crippen LogP contribution in [0.3, 0.4) is 0 Å². The molecule has 0 saturated heterocycles. The van der Waals surface area contributed by atoms with Gasteiger partial charge in [0.05, 0.1) is 10.8 Å². The first-order valence-electron chi connectivity index (χ1n) is 8.12. The molecule has 0 fully saturated rings. The van der Waals surface area contributed by atoms with Gasteiger partial charge >= 0.3 is 0 Å². The quantitative estimate of drug-likeness (QED) is 0.561. The highest BCUT2D eigenvalue weighted by Gasteiger charge is 2.42. The molecule has 0 spiro atoms. The number of alkyl halides is 2. The molecule has 0 unspecified atom stereocenters. The summed E-state index contributed by atoms with van der Waals surface area (Å²) in [5.74, 6) is -1.36. The molecule has 0 heterocycles. The fourth-order valence-electron chi connectivity index (χ4n) is 3.32. The van der Waals surface area contributed by atoms with Crippen molar-refractivity contribution in [3.05, 3.63) is 64.7 Å². The van der Waals surface area contributed by atoms with Crippen LogP contribution in [0.4, 0.5) is 0 Å². The zero-order chi connectivity index (χ0) is 19.8. The molecule has 0 aromatic heterocycles. The maximum Gasteiger partial charge on any atom is 0.257 e. The second-order valence-corrected chi connectivity index (χ2v) is 9.58. The van der Waals surface area contributed by atoms with Crippen molar-refractivity contribution in [2.45, 2.75) is 22.1 Å². The van der Waals surface area contributed by atoms with E-state index >= 15 is 0 Å². The molecule has 27 heavy (non-hydrogen) atoms. The Hall–Kier alpha value is -1.31. The van der Waals surface area contributed by atoms with Gasteiger partial charge in [0.25, 0.3) is 10.0 Å². The molecule has 1 amide bonds. The van der Waals surface area contributed by atoms with Crippen LogP contribution in [-0.4, -0.2) is 31.2 Å². The van der Waals surface area contributed by atoms with Gasteiger partial charge in [0.2, 0.25) is 5.91 Å². The maximum atomic E-state index is 13.0. The van der Waals surface area contributed by atoms with Crippen molar-refractivity contribution < 1.29 is 13.2 Å². The van der Waals surface area contributed by atoms with Crippen LogP contribution >= 0.6 is 34.8 Å². The molecule has 5 nitrogen and oxygen atoms in total. The second kappa shape index (κ2) is 7.97. The Bertz CT molecular complexity index is 949. The number of hydrazine groups is 1. The Kier molecular flexibility index (Phi) is 6.03. The van der Waals surface area contributed by atoms with E-state index in [0.717, 1.165) is 16.1 Å². The van der Waals surface area contributed by atoms with Gasteiger partial charge in [0.15, 0.2) is 0 Å². The van der Waals surface area contributed by atoms with Crippen LogP contribution in [0.2, 0.25) is 5.02 Å². The monoisotopic (exact) mass is 446 g/mol. The molecule has 1 aliphatic rings. The van der Waals surface area contributed by atoms with E-state index in [1.54, 1.807) is 0 Å². The second-order valence-electron chi connectivity index (χ2n) is 6.32. The van der Waals surface area contributed by atoms with Crippen LogP contribution in [0.25, 0.3) is 0 Å². The lowest BCUT2D eigenvalue weighted by atomic mass is 9.93. The number of benzene rings is 2. The fourth-order valence-corrected chi connectivity index (χ4v) is 5.12. The van der Waals surface area contributed by atoms with Crippen LogP contribution in [-0.2, 0) is 21.2 Å². The molecular weight excluding hydrogens is 431 g/mol. The molecule has 3 rings (SSSR count). The predicted octanol–water partition coefficient (Wildman–Crippen LogP) is 3.75. The highest BCUT2D eigenvalue weighted by molar-refractivity contribution is 7.89. The van der Waals surface area contributed by atoms with Crippen molar-refractivity contribution in [3.63, 3.8) is 0 Å². The SMILES string of the molecule is CN(NS(=O)(=O)c1ccc(Cl)cc1)C(=O)[C@H]1Cc2ccccc2[C@@H]1C(Cl)Cl. The lowest BCUT2D eigenvalue weighted by Gasteiger charge is -2.26. The minimum absolute atomic E-state index is 0.00497. The normalized spacial score (nSPS) is 19.1. The summed E-state index contributed by atoms with van der Waals surface area (Å²) in [5.41, 5.74) is 1.90. The van der Waals surface area contributed by atoms with Crippen molar-refractivity contribution in [2.24, 2.45) is 5.92 Å². The number of carbonyl (C=O) groups excluding carboxylic acids is 1. The van der Waals surface area contributed by atoms with Gasteiger partial charge in [-0.2, -0.15) is 0 Å². The van der Waals surface area contributed by atoms with Crippen molar-refractivity contribution in [3.8, 4) is 0 Å². The number of sulfonamides is 1. The smallest absolute Gasteiger partial charge is 0.257 e. The molecule has 2 atom stereocenters. The molecule has 9 heteroatoms. The summed E-state index contributed by atoms with van der Waals surface area (Å²) in [6.45, 7) is 0. The molecule has 2 aromatic carbocycles. The first-order valence-corrected chi connectivity index (χ1v) is 10.9. The zero-order valence-electron chi connectivity index (χ0n) is 14.3. The van der Waals surface area contributed by atoms with Crippen molar-refractivity contribution in [2.75, 3.05) is 7.05 Å². The number of nitrogens with zero attached hydrogens (tertiary/aromatic N) is 1.